The second-order valence-electron chi connectivity index (χ2n) is 14.4. The molecule has 52 heavy (non-hydrogen) atoms. The summed E-state index contributed by atoms with van der Waals surface area (Å²) in [7, 11) is -4.41. The van der Waals surface area contributed by atoms with Crippen LogP contribution in [0.3, 0.4) is 0 Å². The lowest BCUT2D eigenvalue weighted by molar-refractivity contribution is -0.124. The van der Waals surface area contributed by atoms with Gasteiger partial charge in [-0.15, -0.1) is 0 Å². The molecule has 10 heteroatoms. The number of hydrogen-bond acceptors (Lipinski definition) is 7. The van der Waals surface area contributed by atoms with Crippen molar-refractivity contribution in [3.8, 4) is 0 Å². The van der Waals surface area contributed by atoms with E-state index in [4.69, 9.17) is 14.8 Å². The minimum atomic E-state index is -4.41. The first-order valence-electron chi connectivity index (χ1n) is 21.2. The van der Waals surface area contributed by atoms with E-state index in [0.717, 1.165) is 44.9 Å². The Hall–Kier alpha value is -1.32. The number of carbonyl (C=O) groups is 1. The molecule has 0 rings (SSSR count). The zero-order chi connectivity index (χ0) is 38.4. The van der Waals surface area contributed by atoms with Gasteiger partial charge in [-0.05, 0) is 57.8 Å². The third kappa shape index (κ3) is 35.7. The van der Waals surface area contributed by atoms with E-state index in [-0.39, 0.29) is 19.6 Å². The van der Waals surface area contributed by atoms with Crippen molar-refractivity contribution in [3.63, 3.8) is 0 Å². The molecule has 0 saturated carbocycles. The maximum absolute atomic E-state index is 12.8. The Kier molecular flexibility index (Phi) is 37.0. The largest absolute Gasteiger partial charge is 0.472 e. The van der Waals surface area contributed by atoms with Crippen LogP contribution >= 0.6 is 7.82 Å². The van der Waals surface area contributed by atoms with Crippen molar-refractivity contribution >= 4 is 13.7 Å². The Morgan fingerprint density at radius 2 is 1.10 bits per heavy atom. The molecule has 0 aromatic heterocycles. The molecule has 0 aliphatic heterocycles. The predicted octanol–water partition coefficient (Wildman–Crippen LogP) is 10.5. The highest BCUT2D eigenvalue weighted by molar-refractivity contribution is 7.47. The van der Waals surface area contributed by atoms with Crippen molar-refractivity contribution in [1.82, 2.24) is 5.32 Å². The number of phosphoric acid groups is 1. The first-order chi connectivity index (χ1) is 25.3. The van der Waals surface area contributed by atoms with E-state index in [2.05, 4.69) is 43.5 Å². The molecule has 0 aromatic rings. The average Bonchev–Trinajstić information content (AvgIpc) is 3.12. The Labute approximate surface area is 319 Å². The van der Waals surface area contributed by atoms with Crippen molar-refractivity contribution in [2.75, 3.05) is 19.8 Å². The van der Waals surface area contributed by atoms with Crippen molar-refractivity contribution in [1.29, 1.82) is 0 Å². The van der Waals surface area contributed by atoms with Crippen LogP contribution in [0.5, 0.6) is 0 Å². The van der Waals surface area contributed by atoms with Crippen LogP contribution in [-0.2, 0) is 18.4 Å². The minimum Gasteiger partial charge on any atom is -0.393 e. The van der Waals surface area contributed by atoms with Gasteiger partial charge in [0.2, 0.25) is 5.91 Å². The number of allylic oxidation sites excluding steroid dienone is 5. The summed E-state index contributed by atoms with van der Waals surface area (Å²) in [6.45, 7) is 3.93. The maximum atomic E-state index is 12.8. The fourth-order valence-electron chi connectivity index (χ4n) is 6.01. The van der Waals surface area contributed by atoms with Crippen LogP contribution in [0.4, 0.5) is 0 Å². The highest BCUT2D eigenvalue weighted by atomic mass is 31.2. The zero-order valence-electron chi connectivity index (χ0n) is 33.4. The molecular formula is C42H81N2O7P. The van der Waals surface area contributed by atoms with Crippen molar-refractivity contribution in [2.24, 2.45) is 5.73 Å². The molecule has 0 aromatic carbocycles. The molecule has 0 fully saturated rings. The molecule has 0 spiro atoms. The Bertz CT molecular complexity index is 930. The number of phosphoric ester groups is 1. The molecule has 0 radical (unpaired) electrons. The molecule has 0 bridgehead atoms. The predicted molar refractivity (Wildman–Crippen MR) is 218 cm³/mol. The van der Waals surface area contributed by atoms with Crippen LogP contribution in [0.25, 0.3) is 0 Å². The van der Waals surface area contributed by atoms with Gasteiger partial charge in [0, 0.05) is 6.54 Å². The molecule has 4 atom stereocenters. The van der Waals surface area contributed by atoms with Gasteiger partial charge in [0.1, 0.15) is 0 Å². The number of unbranched alkanes of at least 4 members (excludes halogenated alkanes) is 21. The van der Waals surface area contributed by atoms with Gasteiger partial charge >= 0.3 is 7.82 Å². The molecule has 0 aliphatic rings. The van der Waals surface area contributed by atoms with E-state index in [0.29, 0.717) is 12.8 Å². The van der Waals surface area contributed by atoms with Gasteiger partial charge in [0.25, 0.3) is 0 Å². The molecular weight excluding hydrogens is 675 g/mol. The van der Waals surface area contributed by atoms with E-state index >= 15 is 0 Å². The zero-order valence-corrected chi connectivity index (χ0v) is 34.3. The topological polar surface area (TPSA) is 151 Å². The summed E-state index contributed by atoms with van der Waals surface area (Å²) in [6.07, 6.45) is 40.9. The first-order valence-corrected chi connectivity index (χ1v) is 22.7. The van der Waals surface area contributed by atoms with Gasteiger partial charge in [0.05, 0.1) is 37.9 Å². The molecule has 0 aliphatic carbocycles. The maximum Gasteiger partial charge on any atom is 0.472 e. The van der Waals surface area contributed by atoms with Crippen LogP contribution in [0.15, 0.2) is 36.5 Å². The quantitative estimate of drug-likeness (QED) is 0.0236. The number of carbonyl (C=O) groups excluding carboxylic acids is 1. The van der Waals surface area contributed by atoms with Crippen LogP contribution in [-0.4, -0.2) is 59.0 Å². The summed E-state index contributed by atoms with van der Waals surface area (Å²) in [5.41, 5.74) is 5.35. The Morgan fingerprint density at radius 3 is 1.60 bits per heavy atom. The standard InChI is InChI=1S/C42H81N2O7P/c1-3-5-7-9-11-13-15-17-19-20-22-24-26-28-30-32-34-41(46)40(38-51-52(48,49)50-36-35-43)44-42(47)37-39(45)33-31-29-27-25-23-21-18-16-14-12-10-8-6-4-2/h21,23-24,26,32,34,39-41,45-46H,3-20,22,25,27-31,33,35-38,43H2,1-2H3,(H,44,47)(H,48,49)/b23-21-,26-24+,34-32+. The number of aliphatic hydroxyl groups excluding tert-OH is 2. The molecule has 0 heterocycles. The second kappa shape index (κ2) is 38.0. The van der Waals surface area contributed by atoms with Gasteiger partial charge in [-0.2, -0.15) is 0 Å². The lowest BCUT2D eigenvalue weighted by atomic mass is 10.0. The Balaban J connectivity index is 4.43. The summed E-state index contributed by atoms with van der Waals surface area (Å²) in [6, 6.07) is -1.00. The van der Waals surface area contributed by atoms with Crippen molar-refractivity contribution in [3.05, 3.63) is 36.5 Å². The van der Waals surface area contributed by atoms with Crippen LogP contribution in [0.2, 0.25) is 0 Å². The fraction of sp³-hybridized carbons (Fsp3) is 0.833. The monoisotopic (exact) mass is 757 g/mol. The first kappa shape index (κ1) is 50.7. The van der Waals surface area contributed by atoms with E-state index < -0.39 is 38.6 Å². The average molecular weight is 757 g/mol. The highest BCUT2D eigenvalue weighted by Crippen LogP contribution is 2.43. The number of nitrogens with one attached hydrogen (secondary N) is 1. The van der Waals surface area contributed by atoms with Crippen molar-refractivity contribution in [2.45, 2.75) is 205 Å². The number of nitrogens with two attached hydrogens (primary N) is 1. The van der Waals surface area contributed by atoms with E-state index in [1.165, 1.54) is 109 Å². The molecule has 0 saturated heterocycles. The number of rotatable bonds is 39. The van der Waals surface area contributed by atoms with Gasteiger partial charge in [-0.1, -0.05) is 159 Å². The molecule has 4 unspecified atom stereocenters. The van der Waals surface area contributed by atoms with Gasteiger partial charge < -0.3 is 26.2 Å². The van der Waals surface area contributed by atoms with Crippen molar-refractivity contribution < 1.29 is 33.5 Å². The Morgan fingerprint density at radius 1 is 0.654 bits per heavy atom. The van der Waals surface area contributed by atoms with Gasteiger partial charge in [-0.3, -0.25) is 13.8 Å². The second-order valence-corrected chi connectivity index (χ2v) is 15.8. The van der Waals surface area contributed by atoms with Crippen LogP contribution in [0, 0.1) is 0 Å². The third-order valence-corrected chi connectivity index (χ3v) is 10.2. The number of hydrogen-bond donors (Lipinski definition) is 5. The molecule has 1 amide bonds. The lowest BCUT2D eigenvalue weighted by Crippen LogP contribution is -2.46. The minimum absolute atomic E-state index is 0.0427. The third-order valence-electron chi connectivity index (χ3n) is 9.24. The summed E-state index contributed by atoms with van der Waals surface area (Å²) in [5, 5.41) is 24.0. The normalized spacial score (nSPS) is 15.1. The molecule has 6 N–H and O–H groups in total. The van der Waals surface area contributed by atoms with Crippen LogP contribution in [0.1, 0.15) is 187 Å². The van der Waals surface area contributed by atoms with E-state index in [9.17, 15) is 24.5 Å². The number of amides is 1. The highest BCUT2D eigenvalue weighted by Gasteiger charge is 2.27. The number of aliphatic hydroxyl groups is 2. The SMILES string of the molecule is CCCCCCCCC/C=C\CCCCCC(O)CC(=O)NC(COP(=O)(O)OCCN)C(O)/C=C/CC/C=C/CCCCCCCCCCCC. The van der Waals surface area contributed by atoms with Gasteiger partial charge in [0.15, 0.2) is 0 Å². The van der Waals surface area contributed by atoms with Crippen LogP contribution < -0.4 is 11.1 Å². The summed E-state index contributed by atoms with van der Waals surface area (Å²) >= 11 is 0. The summed E-state index contributed by atoms with van der Waals surface area (Å²) in [4.78, 5) is 22.7. The fourth-order valence-corrected chi connectivity index (χ4v) is 6.77. The van der Waals surface area contributed by atoms with E-state index in [1.807, 2.05) is 6.08 Å². The smallest absolute Gasteiger partial charge is 0.393 e. The summed E-state index contributed by atoms with van der Waals surface area (Å²) in [5.74, 6) is -0.465. The lowest BCUT2D eigenvalue weighted by Gasteiger charge is -2.24. The van der Waals surface area contributed by atoms with Gasteiger partial charge in [-0.25, -0.2) is 4.57 Å². The molecule has 9 nitrogen and oxygen atoms in total. The summed E-state index contributed by atoms with van der Waals surface area (Å²) < 4.78 is 22.0. The molecule has 306 valence electrons. The van der Waals surface area contributed by atoms with E-state index in [1.54, 1.807) is 6.08 Å².